The van der Waals surface area contributed by atoms with E-state index >= 15 is 0 Å². The highest BCUT2D eigenvalue weighted by Crippen LogP contribution is 2.31. The molecule has 0 saturated carbocycles. The Bertz CT molecular complexity index is 766. The quantitative estimate of drug-likeness (QED) is 0.693. The van der Waals surface area contributed by atoms with Crippen molar-refractivity contribution in [2.24, 2.45) is 0 Å². The van der Waals surface area contributed by atoms with E-state index in [0.717, 1.165) is 6.07 Å². The zero-order valence-corrected chi connectivity index (χ0v) is 10.4. The molecule has 1 aromatic carbocycles. The maximum absolute atomic E-state index is 13.0. The lowest BCUT2D eigenvalue weighted by molar-refractivity contribution is -0.142. The molecule has 0 spiro atoms. The fourth-order valence-corrected chi connectivity index (χ4v) is 1.84. The zero-order chi connectivity index (χ0) is 14.3. The largest absolute Gasteiger partial charge is 0.433 e. The van der Waals surface area contributed by atoms with Crippen molar-refractivity contribution in [2.45, 2.75) is 6.18 Å². The van der Waals surface area contributed by atoms with Crippen molar-refractivity contribution in [1.82, 2.24) is 25.0 Å². The Hall–Kier alpha value is -2.22. The molecule has 0 unspecified atom stereocenters. The molecule has 0 aliphatic heterocycles. The van der Waals surface area contributed by atoms with Crippen LogP contribution in [-0.4, -0.2) is 25.0 Å². The van der Waals surface area contributed by atoms with Crippen molar-refractivity contribution in [3.05, 3.63) is 41.0 Å². The summed E-state index contributed by atoms with van der Waals surface area (Å²) in [6.45, 7) is 0. The van der Waals surface area contributed by atoms with Crippen molar-refractivity contribution >= 4 is 17.4 Å². The first-order valence-corrected chi connectivity index (χ1v) is 5.75. The van der Waals surface area contributed by atoms with Gasteiger partial charge in [-0.15, -0.1) is 0 Å². The molecule has 0 fully saturated rings. The summed E-state index contributed by atoms with van der Waals surface area (Å²) in [5, 5.41) is 10.4. The maximum atomic E-state index is 13.0. The number of rotatable bonds is 1. The predicted octanol–water partition coefficient (Wildman–Crippen LogP) is 2.86. The van der Waals surface area contributed by atoms with Gasteiger partial charge in [0.25, 0.3) is 5.78 Å². The molecule has 0 atom stereocenters. The number of hydrogen-bond acceptors (Lipinski definition) is 4. The van der Waals surface area contributed by atoms with Crippen LogP contribution < -0.4 is 0 Å². The Labute approximate surface area is 115 Å². The highest BCUT2D eigenvalue weighted by molar-refractivity contribution is 6.30. The van der Waals surface area contributed by atoms with Crippen molar-refractivity contribution in [3.8, 4) is 11.3 Å². The monoisotopic (exact) mass is 299 g/mol. The van der Waals surface area contributed by atoms with E-state index < -0.39 is 11.9 Å². The highest BCUT2D eigenvalue weighted by Gasteiger charge is 2.35. The molecule has 9 heteroatoms. The van der Waals surface area contributed by atoms with E-state index in [1.54, 1.807) is 24.3 Å². The van der Waals surface area contributed by atoms with Gasteiger partial charge < -0.3 is 0 Å². The predicted molar refractivity (Wildman–Crippen MR) is 64.0 cm³/mol. The second kappa shape index (κ2) is 4.41. The number of halogens is 4. The summed E-state index contributed by atoms with van der Waals surface area (Å²) in [5.74, 6) is -0.218. The molecule has 0 radical (unpaired) electrons. The summed E-state index contributed by atoms with van der Waals surface area (Å²) >= 11 is 5.74. The van der Waals surface area contributed by atoms with Gasteiger partial charge in [0.05, 0.1) is 5.69 Å². The van der Waals surface area contributed by atoms with Gasteiger partial charge in [-0.3, -0.25) is 0 Å². The average molecular weight is 300 g/mol. The summed E-state index contributed by atoms with van der Waals surface area (Å²) in [6, 6.07) is 7.18. The van der Waals surface area contributed by atoms with Crippen molar-refractivity contribution in [2.75, 3.05) is 0 Å². The van der Waals surface area contributed by atoms with Crippen molar-refractivity contribution in [3.63, 3.8) is 0 Å². The first-order valence-electron chi connectivity index (χ1n) is 5.37. The Kier molecular flexibility index (Phi) is 2.82. The van der Waals surface area contributed by atoms with Crippen molar-refractivity contribution < 1.29 is 13.2 Å². The van der Waals surface area contributed by atoms with E-state index in [0.29, 0.717) is 15.1 Å². The SMILES string of the molecule is FC(F)(F)c1cc(-c2ccc(Cl)cc2)nc2nnnn12. The second-order valence-corrected chi connectivity index (χ2v) is 4.36. The molecule has 2 aromatic heterocycles. The van der Waals surface area contributed by atoms with Gasteiger partial charge in [-0.1, -0.05) is 28.8 Å². The first-order chi connectivity index (χ1) is 9.45. The number of fused-ring (bicyclic) bond motifs is 1. The molecular weight excluding hydrogens is 295 g/mol. The van der Waals surface area contributed by atoms with E-state index in [1.807, 2.05) is 0 Å². The zero-order valence-electron chi connectivity index (χ0n) is 9.63. The van der Waals surface area contributed by atoms with E-state index in [-0.39, 0.29) is 11.5 Å². The van der Waals surface area contributed by atoms with E-state index in [4.69, 9.17) is 11.6 Å². The topological polar surface area (TPSA) is 56.0 Å². The van der Waals surface area contributed by atoms with Gasteiger partial charge in [0.2, 0.25) is 0 Å². The minimum absolute atomic E-state index is 0.122. The molecule has 0 N–H and O–H groups in total. The summed E-state index contributed by atoms with van der Waals surface area (Å²) in [6.07, 6.45) is -4.59. The molecule has 5 nitrogen and oxygen atoms in total. The number of alkyl halides is 3. The van der Waals surface area contributed by atoms with E-state index in [2.05, 4.69) is 20.5 Å². The maximum Gasteiger partial charge on any atom is 0.433 e. The van der Waals surface area contributed by atoms with Gasteiger partial charge in [-0.25, -0.2) is 4.98 Å². The third kappa shape index (κ3) is 2.18. The van der Waals surface area contributed by atoms with Crippen LogP contribution in [0.1, 0.15) is 5.69 Å². The molecule has 3 aromatic rings. The Morgan fingerprint density at radius 1 is 1.10 bits per heavy atom. The van der Waals surface area contributed by atoms with Gasteiger partial charge in [0, 0.05) is 10.6 Å². The van der Waals surface area contributed by atoms with Gasteiger partial charge in [-0.05, 0) is 28.6 Å². The van der Waals surface area contributed by atoms with E-state index in [9.17, 15) is 13.2 Å². The average Bonchev–Trinajstić information content (AvgIpc) is 2.85. The number of hydrogen-bond donors (Lipinski definition) is 0. The molecule has 20 heavy (non-hydrogen) atoms. The Morgan fingerprint density at radius 3 is 2.45 bits per heavy atom. The van der Waals surface area contributed by atoms with Crippen LogP contribution in [0.2, 0.25) is 5.02 Å². The molecule has 2 heterocycles. The van der Waals surface area contributed by atoms with Crippen LogP contribution in [0.3, 0.4) is 0 Å². The number of tetrazole rings is 1. The second-order valence-electron chi connectivity index (χ2n) is 3.92. The van der Waals surface area contributed by atoms with Gasteiger partial charge in [0.1, 0.15) is 0 Å². The minimum atomic E-state index is -4.59. The highest BCUT2D eigenvalue weighted by atomic mass is 35.5. The summed E-state index contributed by atoms with van der Waals surface area (Å²) in [7, 11) is 0. The molecular formula is C11H5ClF3N5. The molecule has 0 aliphatic rings. The summed E-state index contributed by atoms with van der Waals surface area (Å²) in [5.41, 5.74) is -0.376. The summed E-state index contributed by atoms with van der Waals surface area (Å²) < 4.78 is 39.5. The van der Waals surface area contributed by atoms with Gasteiger partial charge in [0.15, 0.2) is 5.69 Å². The smallest absolute Gasteiger partial charge is 0.210 e. The van der Waals surface area contributed by atoms with E-state index in [1.165, 1.54) is 0 Å². The van der Waals surface area contributed by atoms with Gasteiger partial charge in [-0.2, -0.15) is 17.7 Å². The Balaban J connectivity index is 2.24. The Morgan fingerprint density at radius 2 is 1.80 bits per heavy atom. The standard InChI is InChI=1S/C11H5ClF3N5/c12-7-3-1-6(2-4-7)8-5-9(11(13,14)15)20-10(16-8)17-18-19-20/h1-5H. The van der Waals surface area contributed by atoms with Crippen LogP contribution in [-0.2, 0) is 6.18 Å². The third-order valence-corrected chi connectivity index (χ3v) is 2.86. The fraction of sp³-hybridized carbons (Fsp3) is 0.0909. The normalized spacial score (nSPS) is 12.0. The lowest BCUT2D eigenvalue weighted by atomic mass is 10.1. The lowest BCUT2D eigenvalue weighted by Crippen LogP contribution is -2.13. The van der Waals surface area contributed by atoms with Crippen LogP contribution in [0.4, 0.5) is 13.2 Å². The number of aromatic nitrogens is 5. The molecule has 102 valence electrons. The van der Waals surface area contributed by atoms with Crippen LogP contribution in [0.25, 0.3) is 17.0 Å². The minimum Gasteiger partial charge on any atom is -0.210 e. The third-order valence-electron chi connectivity index (χ3n) is 2.61. The van der Waals surface area contributed by atoms with Crippen LogP contribution >= 0.6 is 11.6 Å². The fourth-order valence-electron chi connectivity index (χ4n) is 1.71. The summed E-state index contributed by atoms with van der Waals surface area (Å²) in [4.78, 5) is 3.99. The van der Waals surface area contributed by atoms with Crippen LogP contribution in [0.15, 0.2) is 30.3 Å². The number of benzene rings is 1. The van der Waals surface area contributed by atoms with Crippen molar-refractivity contribution in [1.29, 1.82) is 0 Å². The number of nitrogens with zero attached hydrogens (tertiary/aromatic N) is 5. The molecule has 0 aliphatic carbocycles. The first kappa shape index (κ1) is 12.8. The molecule has 3 rings (SSSR count). The molecule has 0 saturated heterocycles. The van der Waals surface area contributed by atoms with Gasteiger partial charge >= 0.3 is 6.18 Å². The van der Waals surface area contributed by atoms with Crippen LogP contribution in [0.5, 0.6) is 0 Å². The lowest BCUT2D eigenvalue weighted by Gasteiger charge is -2.09. The van der Waals surface area contributed by atoms with Crippen LogP contribution in [0, 0.1) is 0 Å². The molecule has 0 bridgehead atoms. The molecule has 0 amide bonds.